The molecule has 0 saturated carbocycles. The van der Waals surface area contributed by atoms with Gasteiger partial charge in [0.1, 0.15) is 24.2 Å². The maximum absolute atomic E-state index is 12.8. The number of hydrogen-bond acceptors (Lipinski definition) is 11. The van der Waals surface area contributed by atoms with Gasteiger partial charge in [-0.1, -0.05) is 0 Å². The number of aliphatic imine (C=N–C) groups is 1. The summed E-state index contributed by atoms with van der Waals surface area (Å²) in [5.74, 6) is -8.18. The maximum Gasteiger partial charge on any atom is 0.326 e. The van der Waals surface area contributed by atoms with Crippen LogP contribution in [0.4, 0.5) is 0 Å². The van der Waals surface area contributed by atoms with E-state index in [1.54, 1.807) is 0 Å². The molecule has 0 unspecified atom stereocenters. The van der Waals surface area contributed by atoms with E-state index in [2.05, 4.69) is 26.3 Å². The molecule has 1 aliphatic rings. The first-order chi connectivity index (χ1) is 21.0. The highest BCUT2D eigenvalue weighted by Crippen LogP contribution is 2.18. The molecule has 1 heterocycles. The van der Waals surface area contributed by atoms with Gasteiger partial charge in [-0.25, -0.2) is 4.79 Å². The average molecular weight is 648 g/mol. The number of guanidine groups is 1. The lowest BCUT2D eigenvalue weighted by atomic mass is 10.1. The minimum Gasteiger partial charge on any atom is -0.481 e. The van der Waals surface area contributed by atoms with Crippen LogP contribution in [0.2, 0.25) is 0 Å². The van der Waals surface area contributed by atoms with E-state index in [0.717, 1.165) is 11.8 Å². The molecule has 0 radical (unpaired) electrons. The number of amides is 5. The standard InChI is InChI=1S/C22H37N9O10.C2H4O2/c23-8-15(33)28-11(3-1-5-26-22(24)25)18(37)27-9-16(34)29-12(7-17(35)36)19(38)30-13(10-32)20(39)31-6-2-4-14(31)21(40)41;1-2(3)4/h11-14,32H,1-10,23H2,(H,27,37)(H,28,33)(H,29,34)(H,30,38)(H,35,36)(H,40,41)(H4,24,25,26);1H3,(H,3,4)/t11-,12-,13-,14-;/m0./s1. The van der Waals surface area contributed by atoms with Crippen molar-refractivity contribution in [2.24, 2.45) is 22.2 Å². The van der Waals surface area contributed by atoms with Crippen LogP contribution >= 0.6 is 0 Å². The van der Waals surface area contributed by atoms with Crippen molar-refractivity contribution in [2.45, 2.75) is 63.2 Å². The summed E-state index contributed by atoms with van der Waals surface area (Å²) >= 11 is 0. The van der Waals surface area contributed by atoms with Gasteiger partial charge in [0.15, 0.2) is 5.96 Å². The van der Waals surface area contributed by atoms with E-state index < -0.39 is 97.7 Å². The molecule has 0 aromatic rings. The zero-order valence-electron chi connectivity index (χ0n) is 24.6. The van der Waals surface area contributed by atoms with Crippen LogP contribution in [-0.2, 0) is 38.4 Å². The first-order valence-corrected chi connectivity index (χ1v) is 13.5. The molecule has 45 heavy (non-hydrogen) atoms. The van der Waals surface area contributed by atoms with Gasteiger partial charge in [-0.05, 0) is 25.7 Å². The van der Waals surface area contributed by atoms with Gasteiger partial charge in [-0.2, -0.15) is 0 Å². The lowest BCUT2D eigenvalue weighted by Gasteiger charge is -2.27. The van der Waals surface area contributed by atoms with Crippen molar-refractivity contribution in [3.63, 3.8) is 0 Å². The smallest absolute Gasteiger partial charge is 0.326 e. The molecule has 0 aromatic carbocycles. The summed E-state index contributed by atoms with van der Waals surface area (Å²) in [5.41, 5.74) is 15.7. The van der Waals surface area contributed by atoms with Gasteiger partial charge in [0.2, 0.25) is 29.5 Å². The number of nitrogens with one attached hydrogen (secondary N) is 4. The molecule has 1 aliphatic heterocycles. The number of carboxylic acids is 3. The van der Waals surface area contributed by atoms with Crippen LogP contribution in [0, 0.1) is 0 Å². The number of likely N-dealkylation sites (tertiary alicyclic amines) is 1. The predicted molar refractivity (Wildman–Crippen MR) is 153 cm³/mol. The molecular weight excluding hydrogens is 606 g/mol. The quantitative estimate of drug-likeness (QED) is 0.0398. The van der Waals surface area contributed by atoms with Crippen molar-refractivity contribution in [1.82, 2.24) is 26.2 Å². The largest absolute Gasteiger partial charge is 0.481 e. The van der Waals surface area contributed by atoms with Gasteiger partial charge in [0, 0.05) is 20.0 Å². The molecule has 1 fully saturated rings. The number of carbonyl (C=O) groups is 8. The van der Waals surface area contributed by atoms with Crippen molar-refractivity contribution >= 4 is 53.4 Å². The summed E-state index contributed by atoms with van der Waals surface area (Å²) in [6.45, 7) is -0.727. The molecule has 254 valence electrons. The Morgan fingerprint density at radius 3 is 2.02 bits per heavy atom. The van der Waals surface area contributed by atoms with E-state index >= 15 is 0 Å². The van der Waals surface area contributed by atoms with E-state index in [0.29, 0.717) is 6.42 Å². The molecule has 4 atom stereocenters. The molecule has 0 aromatic heterocycles. The molecular formula is C24H41N9O12. The minimum absolute atomic E-state index is 0.0797. The van der Waals surface area contributed by atoms with Crippen molar-refractivity contribution < 1.29 is 58.8 Å². The molecule has 21 nitrogen and oxygen atoms in total. The minimum atomic E-state index is -1.72. The number of nitrogens with zero attached hydrogens (tertiary/aromatic N) is 2. The number of carbonyl (C=O) groups excluding carboxylic acids is 5. The second kappa shape index (κ2) is 20.8. The van der Waals surface area contributed by atoms with Crippen LogP contribution in [-0.4, -0.2) is 136 Å². The Balaban J connectivity index is 0.00000454. The van der Waals surface area contributed by atoms with Gasteiger partial charge < -0.3 is 63.8 Å². The van der Waals surface area contributed by atoms with E-state index in [4.69, 9.17) is 27.1 Å². The summed E-state index contributed by atoms with van der Waals surface area (Å²) in [7, 11) is 0. The highest BCUT2D eigenvalue weighted by molar-refractivity contribution is 5.96. The van der Waals surface area contributed by atoms with Gasteiger partial charge in [-0.15, -0.1) is 0 Å². The summed E-state index contributed by atoms with van der Waals surface area (Å²) in [5, 5.41) is 44.4. The fraction of sp³-hybridized carbons (Fsp3) is 0.625. The van der Waals surface area contributed by atoms with Gasteiger partial charge in [-0.3, -0.25) is 38.6 Å². The fourth-order valence-electron chi connectivity index (χ4n) is 3.89. The topological polar surface area (TPSA) is 359 Å². The Morgan fingerprint density at radius 1 is 0.911 bits per heavy atom. The van der Waals surface area contributed by atoms with Crippen molar-refractivity contribution in [3.8, 4) is 0 Å². The third-order valence-corrected chi connectivity index (χ3v) is 5.85. The van der Waals surface area contributed by atoms with Crippen LogP contribution in [0.25, 0.3) is 0 Å². The molecule has 0 bridgehead atoms. The van der Waals surface area contributed by atoms with Crippen LogP contribution in [0.3, 0.4) is 0 Å². The third kappa shape index (κ3) is 16.4. The summed E-state index contributed by atoms with van der Waals surface area (Å²) in [6, 6.07) is -5.57. The average Bonchev–Trinajstić information content (AvgIpc) is 3.45. The SMILES string of the molecule is CC(=O)O.NCC(=O)N[C@@H](CCCN=C(N)N)C(=O)NCC(=O)N[C@@H](CC(=O)O)C(=O)N[C@@H](CO)C(=O)N1CCC[C@H]1C(=O)O. The second-order valence-electron chi connectivity index (χ2n) is 9.50. The van der Waals surface area contributed by atoms with Crippen LogP contribution in [0.15, 0.2) is 4.99 Å². The molecule has 1 rings (SSSR count). The zero-order valence-corrected chi connectivity index (χ0v) is 24.6. The lowest BCUT2D eigenvalue weighted by molar-refractivity contribution is -0.150. The Labute approximate surface area is 256 Å². The Kier molecular flexibility index (Phi) is 18.5. The van der Waals surface area contributed by atoms with Crippen LogP contribution in [0.5, 0.6) is 0 Å². The number of aliphatic carboxylic acids is 3. The summed E-state index contributed by atoms with van der Waals surface area (Å²) < 4.78 is 0. The molecule has 1 saturated heterocycles. The number of aliphatic hydroxyl groups excluding tert-OH is 1. The van der Waals surface area contributed by atoms with Crippen molar-refractivity contribution in [1.29, 1.82) is 0 Å². The lowest BCUT2D eigenvalue weighted by Crippen LogP contribution is -2.58. The fourth-order valence-corrected chi connectivity index (χ4v) is 3.89. The normalized spacial score (nSPS) is 15.5. The number of nitrogens with two attached hydrogens (primary N) is 3. The predicted octanol–water partition coefficient (Wildman–Crippen LogP) is -5.80. The molecule has 14 N–H and O–H groups in total. The first-order valence-electron chi connectivity index (χ1n) is 13.5. The second-order valence-corrected chi connectivity index (χ2v) is 9.50. The number of hydrogen-bond donors (Lipinski definition) is 11. The van der Waals surface area contributed by atoms with Crippen molar-refractivity contribution in [2.75, 3.05) is 32.8 Å². The molecule has 21 heteroatoms. The number of aliphatic hydroxyl groups is 1. The van der Waals surface area contributed by atoms with Crippen molar-refractivity contribution in [3.05, 3.63) is 0 Å². The van der Waals surface area contributed by atoms with E-state index in [9.17, 15) is 48.9 Å². The number of rotatable bonds is 17. The Bertz CT molecular complexity index is 1110. The Hall–Kier alpha value is -5.05. The third-order valence-electron chi connectivity index (χ3n) is 5.85. The van der Waals surface area contributed by atoms with Gasteiger partial charge in [0.25, 0.3) is 5.97 Å². The zero-order chi connectivity index (χ0) is 34.7. The van der Waals surface area contributed by atoms with Crippen LogP contribution in [0.1, 0.15) is 39.0 Å². The Morgan fingerprint density at radius 2 is 1.51 bits per heavy atom. The summed E-state index contributed by atoms with van der Waals surface area (Å²) in [6.07, 6.45) is 0.0216. The monoisotopic (exact) mass is 647 g/mol. The first kappa shape index (κ1) is 39.9. The highest BCUT2D eigenvalue weighted by Gasteiger charge is 2.38. The van der Waals surface area contributed by atoms with Gasteiger partial charge in [0.05, 0.1) is 26.1 Å². The van der Waals surface area contributed by atoms with E-state index in [-0.39, 0.29) is 38.3 Å². The van der Waals surface area contributed by atoms with E-state index in [1.807, 2.05) is 0 Å². The molecule has 5 amide bonds. The van der Waals surface area contributed by atoms with Gasteiger partial charge >= 0.3 is 11.9 Å². The maximum atomic E-state index is 12.8. The molecule has 0 spiro atoms. The number of carboxylic acid groups (broad SMARTS) is 3. The highest BCUT2D eigenvalue weighted by atomic mass is 16.4. The van der Waals surface area contributed by atoms with E-state index in [1.165, 1.54) is 0 Å². The van der Waals surface area contributed by atoms with Crippen LogP contribution < -0.4 is 38.5 Å². The molecule has 0 aliphatic carbocycles. The summed E-state index contributed by atoms with van der Waals surface area (Å²) in [4.78, 5) is 98.6.